The summed E-state index contributed by atoms with van der Waals surface area (Å²) in [5, 5.41) is 3.23. The molecule has 0 heterocycles. The third-order valence-electron chi connectivity index (χ3n) is 3.56. The zero-order valence-corrected chi connectivity index (χ0v) is 14.8. The van der Waals surface area contributed by atoms with Crippen LogP contribution in [0.25, 0.3) is 0 Å². The van der Waals surface area contributed by atoms with E-state index >= 15 is 0 Å². The average molecular weight is 364 g/mol. The summed E-state index contributed by atoms with van der Waals surface area (Å²) in [6.45, 7) is 0.219. The van der Waals surface area contributed by atoms with E-state index in [1.165, 1.54) is 33.5 Å². The largest absolute Gasteiger partial charge is 0.493 e. The van der Waals surface area contributed by atoms with Crippen molar-refractivity contribution in [3.05, 3.63) is 58.1 Å². The van der Waals surface area contributed by atoms with Crippen molar-refractivity contribution in [1.82, 2.24) is 5.32 Å². The maximum atomic E-state index is 12.2. The van der Waals surface area contributed by atoms with E-state index in [-0.39, 0.29) is 12.5 Å². The number of hydrogen-bond donors (Lipinski definition) is 1. The molecule has 0 aromatic heterocycles. The van der Waals surface area contributed by atoms with Gasteiger partial charge in [-0.25, -0.2) is 4.79 Å². The van der Waals surface area contributed by atoms with Gasteiger partial charge in [0.2, 0.25) is 0 Å². The second-order valence-electron chi connectivity index (χ2n) is 5.05. The predicted octanol–water partition coefficient (Wildman–Crippen LogP) is 3.07. The third-order valence-corrected chi connectivity index (χ3v) is 3.91. The van der Waals surface area contributed by atoms with Gasteiger partial charge in [-0.2, -0.15) is 0 Å². The predicted molar refractivity (Wildman–Crippen MR) is 93.5 cm³/mol. The Hall–Kier alpha value is -2.73. The van der Waals surface area contributed by atoms with Crippen LogP contribution in [0.5, 0.6) is 11.5 Å². The quantitative estimate of drug-likeness (QED) is 0.798. The molecule has 0 aliphatic carbocycles. The lowest BCUT2D eigenvalue weighted by Gasteiger charge is -2.12. The molecule has 2 rings (SSSR count). The minimum atomic E-state index is -0.455. The molecule has 2 aromatic rings. The zero-order valence-electron chi connectivity index (χ0n) is 14.1. The molecule has 0 saturated carbocycles. The molecule has 0 bridgehead atoms. The van der Waals surface area contributed by atoms with Crippen molar-refractivity contribution in [3.63, 3.8) is 0 Å². The molecule has 1 N–H and O–H groups in total. The molecule has 0 saturated heterocycles. The van der Waals surface area contributed by atoms with Crippen molar-refractivity contribution in [2.24, 2.45) is 0 Å². The molecule has 0 atom stereocenters. The van der Waals surface area contributed by atoms with Gasteiger partial charge in [0, 0.05) is 23.2 Å². The van der Waals surface area contributed by atoms with Gasteiger partial charge in [0.05, 0.1) is 26.9 Å². The second-order valence-corrected chi connectivity index (χ2v) is 5.46. The number of carbonyl (C=O) groups excluding carboxylic acids is 2. The van der Waals surface area contributed by atoms with Gasteiger partial charge in [-0.1, -0.05) is 11.6 Å². The fourth-order valence-electron chi connectivity index (χ4n) is 2.18. The van der Waals surface area contributed by atoms with E-state index in [2.05, 4.69) is 10.1 Å². The number of halogens is 1. The number of carbonyl (C=O) groups is 2. The first-order chi connectivity index (χ1) is 12.0. The lowest BCUT2D eigenvalue weighted by Crippen LogP contribution is -2.23. The van der Waals surface area contributed by atoms with Crippen LogP contribution in [0, 0.1) is 0 Å². The van der Waals surface area contributed by atoms with Gasteiger partial charge in [-0.15, -0.1) is 0 Å². The SMILES string of the molecule is COC(=O)c1ccc(C(=O)NCc2cc(OC)c(OC)cc2Cl)cc1. The third kappa shape index (κ3) is 4.42. The van der Waals surface area contributed by atoms with Crippen LogP contribution >= 0.6 is 11.6 Å². The standard InChI is InChI=1S/C18H18ClNO5/c1-23-15-8-13(14(19)9-16(15)24-2)10-20-17(21)11-4-6-12(7-5-11)18(22)25-3/h4-9H,10H2,1-3H3,(H,20,21). The van der Waals surface area contributed by atoms with Crippen LogP contribution in [0.15, 0.2) is 36.4 Å². The second kappa shape index (κ2) is 8.39. The summed E-state index contributed by atoms with van der Waals surface area (Å²) >= 11 is 6.20. The summed E-state index contributed by atoms with van der Waals surface area (Å²) in [7, 11) is 4.35. The molecular weight excluding hydrogens is 346 g/mol. The summed E-state index contributed by atoms with van der Waals surface area (Å²) < 4.78 is 15.0. The molecule has 0 spiro atoms. The Morgan fingerprint density at radius 2 is 1.52 bits per heavy atom. The van der Waals surface area contributed by atoms with E-state index in [0.717, 1.165) is 0 Å². The summed E-state index contributed by atoms with van der Waals surface area (Å²) in [5.41, 5.74) is 1.49. The first-order valence-electron chi connectivity index (χ1n) is 7.37. The summed E-state index contributed by atoms with van der Waals surface area (Å²) in [5.74, 6) is 0.297. The zero-order chi connectivity index (χ0) is 18.4. The fourth-order valence-corrected chi connectivity index (χ4v) is 2.41. The van der Waals surface area contributed by atoms with Gasteiger partial charge in [0.25, 0.3) is 5.91 Å². The molecule has 7 heteroatoms. The average Bonchev–Trinajstić information content (AvgIpc) is 2.65. The first kappa shape index (κ1) is 18.6. The molecule has 6 nitrogen and oxygen atoms in total. The van der Waals surface area contributed by atoms with Crippen LogP contribution in [0.3, 0.4) is 0 Å². The lowest BCUT2D eigenvalue weighted by molar-refractivity contribution is 0.0600. The number of hydrogen-bond acceptors (Lipinski definition) is 5. The molecule has 0 radical (unpaired) electrons. The van der Waals surface area contributed by atoms with Crippen LogP contribution < -0.4 is 14.8 Å². The molecule has 0 aliphatic rings. The van der Waals surface area contributed by atoms with Crippen molar-refractivity contribution in [3.8, 4) is 11.5 Å². The fraction of sp³-hybridized carbons (Fsp3) is 0.222. The van der Waals surface area contributed by atoms with Gasteiger partial charge >= 0.3 is 5.97 Å². The number of esters is 1. The minimum Gasteiger partial charge on any atom is -0.493 e. The Labute approximate surface area is 150 Å². The minimum absolute atomic E-state index is 0.219. The highest BCUT2D eigenvalue weighted by Gasteiger charge is 2.12. The lowest BCUT2D eigenvalue weighted by atomic mass is 10.1. The van der Waals surface area contributed by atoms with Crippen LogP contribution in [-0.4, -0.2) is 33.2 Å². The van der Waals surface area contributed by atoms with Crippen LogP contribution in [-0.2, 0) is 11.3 Å². The van der Waals surface area contributed by atoms with Gasteiger partial charge in [-0.3, -0.25) is 4.79 Å². The van der Waals surface area contributed by atoms with Crippen molar-refractivity contribution in [1.29, 1.82) is 0 Å². The van der Waals surface area contributed by atoms with Gasteiger partial charge < -0.3 is 19.5 Å². The molecule has 0 fully saturated rings. The maximum Gasteiger partial charge on any atom is 0.337 e. The highest BCUT2D eigenvalue weighted by Crippen LogP contribution is 2.33. The number of ether oxygens (including phenoxy) is 3. The van der Waals surface area contributed by atoms with Gasteiger partial charge in [0.1, 0.15) is 0 Å². The summed E-state index contributed by atoms with van der Waals surface area (Å²) in [4.78, 5) is 23.6. The first-order valence-corrected chi connectivity index (χ1v) is 7.75. The topological polar surface area (TPSA) is 73.9 Å². The molecule has 0 unspecified atom stereocenters. The van der Waals surface area contributed by atoms with Crippen LogP contribution in [0.4, 0.5) is 0 Å². The van der Waals surface area contributed by atoms with Crippen LogP contribution in [0.2, 0.25) is 5.02 Å². The van der Waals surface area contributed by atoms with Crippen molar-refractivity contribution in [2.45, 2.75) is 6.54 Å². The van der Waals surface area contributed by atoms with Crippen molar-refractivity contribution < 1.29 is 23.8 Å². The van der Waals surface area contributed by atoms with Gasteiger partial charge in [0.15, 0.2) is 11.5 Å². The highest BCUT2D eigenvalue weighted by atomic mass is 35.5. The Kier molecular flexibility index (Phi) is 6.25. The number of benzene rings is 2. The van der Waals surface area contributed by atoms with Gasteiger partial charge in [-0.05, 0) is 35.9 Å². The number of rotatable bonds is 6. The highest BCUT2D eigenvalue weighted by molar-refractivity contribution is 6.31. The number of methoxy groups -OCH3 is 3. The Balaban J connectivity index is 2.08. The van der Waals surface area contributed by atoms with E-state index in [4.69, 9.17) is 21.1 Å². The Morgan fingerprint density at radius 3 is 2.08 bits per heavy atom. The van der Waals surface area contributed by atoms with E-state index in [1.54, 1.807) is 24.3 Å². The van der Waals surface area contributed by atoms with Crippen LogP contribution in [0.1, 0.15) is 26.3 Å². The van der Waals surface area contributed by atoms with E-state index in [1.807, 2.05) is 0 Å². The molecule has 0 aliphatic heterocycles. The monoisotopic (exact) mass is 363 g/mol. The molecule has 2 aromatic carbocycles. The van der Waals surface area contributed by atoms with Crippen molar-refractivity contribution in [2.75, 3.05) is 21.3 Å². The normalized spacial score (nSPS) is 10.1. The molecular formula is C18H18ClNO5. The Morgan fingerprint density at radius 1 is 0.960 bits per heavy atom. The molecule has 25 heavy (non-hydrogen) atoms. The van der Waals surface area contributed by atoms with E-state index < -0.39 is 5.97 Å². The van der Waals surface area contributed by atoms with E-state index in [9.17, 15) is 9.59 Å². The molecule has 132 valence electrons. The molecule has 1 amide bonds. The van der Waals surface area contributed by atoms with E-state index in [0.29, 0.717) is 33.2 Å². The van der Waals surface area contributed by atoms with Crippen molar-refractivity contribution >= 4 is 23.5 Å². The summed E-state index contributed by atoms with van der Waals surface area (Å²) in [6, 6.07) is 9.51. The number of amides is 1. The maximum absolute atomic E-state index is 12.2. The smallest absolute Gasteiger partial charge is 0.337 e. The Bertz CT molecular complexity index is 774. The number of nitrogens with one attached hydrogen (secondary N) is 1. The summed E-state index contributed by atoms with van der Waals surface area (Å²) in [6.07, 6.45) is 0.